The van der Waals surface area contributed by atoms with Gasteiger partial charge in [0.05, 0.1) is 6.07 Å². The molecule has 8 nitrogen and oxygen atoms in total. The molecule has 0 atom stereocenters. The Morgan fingerprint density at radius 2 is 2.09 bits per heavy atom. The third-order valence-electron chi connectivity index (χ3n) is 3.58. The minimum atomic E-state index is -0.697. The van der Waals surface area contributed by atoms with E-state index in [-0.39, 0.29) is 5.76 Å². The van der Waals surface area contributed by atoms with Crippen LogP contribution in [0.4, 0.5) is 11.6 Å². The standard InChI is InChI=1S/C15H11N3O5/c19-14(12-5-6-13(22-12)18(20)21)16-9-3-4-11-10(7-9)17-15(23-11)8-1-2-8/h3-8H,1-2H2,(H,16,19). The van der Waals surface area contributed by atoms with Gasteiger partial charge in [-0.05, 0) is 37.1 Å². The Hall–Kier alpha value is -3.16. The molecule has 1 amide bonds. The maximum absolute atomic E-state index is 12.0. The molecule has 0 spiro atoms. The number of carbonyl (C=O) groups is 1. The van der Waals surface area contributed by atoms with Crippen molar-refractivity contribution in [2.75, 3.05) is 5.32 Å². The predicted octanol–water partition coefficient (Wildman–Crippen LogP) is 3.46. The number of hydrogen-bond acceptors (Lipinski definition) is 6. The van der Waals surface area contributed by atoms with Crippen LogP contribution in [0.3, 0.4) is 0 Å². The molecule has 3 aromatic rings. The summed E-state index contributed by atoms with van der Waals surface area (Å²) in [5.41, 5.74) is 1.84. The molecule has 0 aliphatic heterocycles. The van der Waals surface area contributed by atoms with Crippen LogP contribution in [0.2, 0.25) is 0 Å². The molecule has 1 saturated carbocycles. The van der Waals surface area contributed by atoms with Crippen LogP contribution in [0.25, 0.3) is 11.1 Å². The number of nitro groups is 1. The van der Waals surface area contributed by atoms with Crippen molar-refractivity contribution in [3.05, 3.63) is 52.1 Å². The van der Waals surface area contributed by atoms with E-state index in [4.69, 9.17) is 8.83 Å². The van der Waals surface area contributed by atoms with E-state index in [2.05, 4.69) is 10.3 Å². The zero-order valence-corrected chi connectivity index (χ0v) is 11.8. The second-order valence-electron chi connectivity index (χ2n) is 5.36. The number of rotatable bonds is 4. The summed E-state index contributed by atoms with van der Waals surface area (Å²) < 4.78 is 10.5. The van der Waals surface area contributed by atoms with E-state index >= 15 is 0 Å². The number of carbonyl (C=O) groups excluding carboxylic acids is 1. The number of oxazole rings is 1. The molecule has 0 saturated heterocycles. The molecule has 1 aliphatic rings. The second-order valence-corrected chi connectivity index (χ2v) is 5.36. The van der Waals surface area contributed by atoms with Crippen LogP contribution in [-0.4, -0.2) is 15.8 Å². The van der Waals surface area contributed by atoms with Crippen LogP contribution in [0.15, 0.2) is 39.2 Å². The summed E-state index contributed by atoms with van der Waals surface area (Å²) in [7, 11) is 0. The lowest BCUT2D eigenvalue weighted by Crippen LogP contribution is -2.10. The summed E-state index contributed by atoms with van der Waals surface area (Å²) in [5, 5.41) is 13.2. The molecular formula is C15H11N3O5. The Kier molecular flexibility index (Phi) is 2.90. The molecule has 4 rings (SSSR count). The number of hydrogen-bond donors (Lipinski definition) is 1. The van der Waals surface area contributed by atoms with Gasteiger partial charge >= 0.3 is 5.88 Å². The van der Waals surface area contributed by atoms with E-state index in [1.807, 2.05) is 0 Å². The predicted molar refractivity (Wildman–Crippen MR) is 79.3 cm³/mol. The van der Waals surface area contributed by atoms with Gasteiger partial charge in [0.1, 0.15) is 10.4 Å². The van der Waals surface area contributed by atoms with E-state index in [9.17, 15) is 14.9 Å². The van der Waals surface area contributed by atoms with Crippen molar-refractivity contribution in [1.82, 2.24) is 4.98 Å². The van der Waals surface area contributed by atoms with Gasteiger partial charge in [0.15, 0.2) is 17.2 Å². The lowest BCUT2D eigenvalue weighted by molar-refractivity contribution is -0.402. The molecule has 0 radical (unpaired) electrons. The highest BCUT2D eigenvalue weighted by Gasteiger charge is 2.29. The highest BCUT2D eigenvalue weighted by atomic mass is 16.6. The summed E-state index contributed by atoms with van der Waals surface area (Å²) in [6.07, 6.45) is 2.18. The SMILES string of the molecule is O=C(Nc1ccc2oc(C3CC3)nc2c1)c1ccc([N+](=O)[O-])o1. The molecule has 1 fully saturated rings. The molecule has 1 aliphatic carbocycles. The zero-order valence-electron chi connectivity index (χ0n) is 11.8. The Morgan fingerprint density at radius 1 is 1.26 bits per heavy atom. The molecule has 23 heavy (non-hydrogen) atoms. The van der Waals surface area contributed by atoms with Gasteiger partial charge in [-0.2, -0.15) is 0 Å². The van der Waals surface area contributed by atoms with Crippen molar-refractivity contribution in [2.45, 2.75) is 18.8 Å². The number of fused-ring (bicyclic) bond motifs is 1. The smallest absolute Gasteiger partial charge is 0.433 e. The summed E-state index contributed by atoms with van der Waals surface area (Å²) in [6.45, 7) is 0. The van der Waals surface area contributed by atoms with Crippen molar-refractivity contribution in [3.63, 3.8) is 0 Å². The number of nitrogens with zero attached hydrogens (tertiary/aromatic N) is 2. The fraction of sp³-hybridized carbons (Fsp3) is 0.200. The first-order chi connectivity index (χ1) is 11.1. The van der Waals surface area contributed by atoms with Crippen molar-refractivity contribution in [3.8, 4) is 0 Å². The minimum Gasteiger partial charge on any atom is -0.440 e. The molecule has 116 valence electrons. The van der Waals surface area contributed by atoms with Crippen LogP contribution < -0.4 is 5.32 Å². The molecule has 1 N–H and O–H groups in total. The lowest BCUT2D eigenvalue weighted by atomic mass is 10.3. The molecule has 0 unspecified atom stereocenters. The van der Waals surface area contributed by atoms with Crippen LogP contribution in [0, 0.1) is 10.1 Å². The van der Waals surface area contributed by atoms with Gasteiger partial charge in [-0.15, -0.1) is 0 Å². The summed E-state index contributed by atoms with van der Waals surface area (Å²) in [6, 6.07) is 7.50. The van der Waals surface area contributed by atoms with Crippen LogP contribution in [-0.2, 0) is 0 Å². The van der Waals surface area contributed by atoms with Gasteiger partial charge in [-0.25, -0.2) is 4.98 Å². The Morgan fingerprint density at radius 3 is 2.78 bits per heavy atom. The summed E-state index contributed by atoms with van der Waals surface area (Å²) >= 11 is 0. The first-order valence-electron chi connectivity index (χ1n) is 7.06. The maximum Gasteiger partial charge on any atom is 0.433 e. The Balaban J connectivity index is 1.56. The monoisotopic (exact) mass is 313 g/mol. The fourth-order valence-electron chi connectivity index (χ4n) is 2.27. The fourth-order valence-corrected chi connectivity index (χ4v) is 2.27. The normalized spacial score (nSPS) is 14.1. The third kappa shape index (κ3) is 2.54. The number of anilines is 1. The van der Waals surface area contributed by atoms with Gasteiger partial charge < -0.3 is 14.2 Å². The molecule has 2 aromatic heterocycles. The quantitative estimate of drug-likeness (QED) is 0.583. The van der Waals surface area contributed by atoms with Crippen molar-refractivity contribution in [2.24, 2.45) is 0 Å². The summed E-state index contributed by atoms with van der Waals surface area (Å²) in [4.78, 5) is 26.3. The molecule has 1 aromatic carbocycles. The average molecular weight is 313 g/mol. The molecule has 8 heteroatoms. The highest BCUT2D eigenvalue weighted by molar-refractivity contribution is 6.03. The number of benzene rings is 1. The Bertz CT molecular complexity index is 922. The van der Waals surface area contributed by atoms with Crippen LogP contribution in [0.5, 0.6) is 0 Å². The largest absolute Gasteiger partial charge is 0.440 e. The lowest BCUT2D eigenvalue weighted by Gasteiger charge is -2.01. The first-order valence-corrected chi connectivity index (χ1v) is 7.06. The van der Waals surface area contributed by atoms with E-state index in [1.165, 1.54) is 6.07 Å². The van der Waals surface area contributed by atoms with Crippen molar-refractivity contribution >= 4 is 28.6 Å². The highest BCUT2D eigenvalue weighted by Crippen LogP contribution is 2.40. The second kappa shape index (κ2) is 4.94. The first kappa shape index (κ1) is 13.5. The third-order valence-corrected chi connectivity index (χ3v) is 3.58. The number of nitrogens with one attached hydrogen (secondary N) is 1. The van der Waals surface area contributed by atoms with Crippen molar-refractivity contribution in [1.29, 1.82) is 0 Å². The Labute approximate surface area is 129 Å². The van der Waals surface area contributed by atoms with Gasteiger partial charge in [0, 0.05) is 11.6 Å². The van der Waals surface area contributed by atoms with E-state index in [0.29, 0.717) is 22.7 Å². The van der Waals surface area contributed by atoms with Crippen LogP contribution >= 0.6 is 0 Å². The number of aromatic nitrogens is 1. The van der Waals surface area contributed by atoms with Gasteiger partial charge in [0.25, 0.3) is 5.91 Å². The molecular weight excluding hydrogens is 302 g/mol. The van der Waals surface area contributed by atoms with E-state index in [0.717, 1.165) is 24.8 Å². The van der Waals surface area contributed by atoms with Crippen molar-refractivity contribution < 1.29 is 18.6 Å². The van der Waals surface area contributed by atoms with Gasteiger partial charge in [-0.3, -0.25) is 14.9 Å². The molecule has 2 heterocycles. The summed E-state index contributed by atoms with van der Waals surface area (Å²) in [5.74, 6) is -0.0376. The zero-order chi connectivity index (χ0) is 16.0. The van der Waals surface area contributed by atoms with E-state index < -0.39 is 16.7 Å². The average Bonchev–Trinajstić information content (AvgIpc) is 3.10. The van der Waals surface area contributed by atoms with Crippen LogP contribution in [0.1, 0.15) is 35.2 Å². The number of furan rings is 1. The van der Waals surface area contributed by atoms with Gasteiger partial charge in [-0.1, -0.05) is 0 Å². The van der Waals surface area contributed by atoms with E-state index in [1.54, 1.807) is 18.2 Å². The minimum absolute atomic E-state index is 0.129. The number of amides is 1. The molecule has 0 bridgehead atoms. The maximum atomic E-state index is 12.0. The topological polar surface area (TPSA) is 111 Å². The van der Waals surface area contributed by atoms with Gasteiger partial charge in [0.2, 0.25) is 0 Å².